The molecule has 8 heteroatoms. The Morgan fingerprint density at radius 3 is 2.37 bits per heavy atom. The van der Waals surface area contributed by atoms with Crippen LogP contribution >= 0.6 is 0 Å². The highest BCUT2D eigenvalue weighted by Gasteiger charge is 2.56. The SMILES string of the molecule is CC(C)[C@]1(C(=O)N2CC(F)(F)C2)CC[C@H](C)c2cc(-c3c(F)cccc3F)nnc21. The summed E-state index contributed by atoms with van der Waals surface area (Å²) in [6.07, 6.45) is 1.09. The summed E-state index contributed by atoms with van der Waals surface area (Å²) < 4.78 is 55.4. The van der Waals surface area contributed by atoms with Crippen LogP contribution in [0.1, 0.15) is 50.8 Å². The second kappa shape index (κ2) is 7.03. The number of hydrogen-bond acceptors (Lipinski definition) is 3. The minimum absolute atomic E-state index is 0.0124. The van der Waals surface area contributed by atoms with Gasteiger partial charge in [0.25, 0.3) is 5.92 Å². The van der Waals surface area contributed by atoms with E-state index in [1.807, 2.05) is 20.8 Å². The maximum absolute atomic E-state index is 14.3. The lowest BCUT2D eigenvalue weighted by atomic mass is 9.62. The van der Waals surface area contributed by atoms with Crippen LogP contribution in [0.25, 0.3) is 11.3 Å². The summed E-state index contributed by atoms with van der Waals surface area (Å²) in [7, 11) is 0. The summed E-state index contributed by atoms with van der Waals surface area (Å²) in [5.41, 5.74) is -0.189. The molecule has 4 nitrogen and oxygen atoms in total. The van der Waals surface area contributed by atoms with Crippen LogP contribution in [-0.4, -0.2) is 40.0 Å². The van der Waals surface area contributed by atoms with E-state index in [1.165, 1.54) is 11.0 Å². The van der Waals surface area contributed by atoms with Gasteiger partial charge < -0.3 is 4.90 Å². The van der Waals surface area contributed by atoms with E-state index in [2.05, 4.69) is 10.2 Å². The Morgan fingerprint density at radius 1 is 1.17 bits per heavy atom. The van der Waals surface area contributed by atoms with Crippen LogP contribution in [0.3, 0.4) is 0 Å². The van der Waals surface area contributed by atoms with Gasteiger partial charge in [-0.1, -0.05) is 26.8 Å². The third-order valence-electron chi connectivity index (χ3n) is 6.47. The van der Waals surface area contributed by atoms with E-state index in [-0.39, 0.29) is 29.0 Å². The monoisotopic (exact) mass is 421 g/mol. The summed E-state index contributed by atoms with van der Waals surface area (Å²) in [6.45, 7) is 4.48. The Hall–Kier alpha value is -2.51. The molecular formula is C22H23F4N3O. The molecule has 0 unspecified atom stereocenters. The minimum Gasteiger partial charge on any atom is -0.330 e. The number of hydrogen-bond donors (Lipinski definition) is 0. The fourth-order valence-electron chi connectivity index (χ4n) is 4.67. The Morgan fingerprint density at radius 2 is 1.80 bits per heavy atom. The van der Waals surface area contributed by atoms with Gasteiger partial charge in [-0.15, -0.1) is 5.10 Å². The van der Waals surface area contributed by atoms with Gasteiger partial charge in [0.2, 0.25) is 5.91 Å². The second-order valence-electron chi connectivity index (χ2n) is 8.71. The number of likely N-dealkylation sites (tertiary alicyclic amines) is 1. The zero-order chi connectivity index (χ0) is 21.8. The fraction of sp³-hybridized carbons (Fsp3) is 0.500. The average Bonchev–Trinajstić information content (AvgIpc) is 2.66. The van der Waals surface area contributed by atoms with Crippen LogP contribution < -0.4 is 0 Å². The van der Waals surface area contributed by atoms with Crippen molar-refractivity contribution < 1.29 is 22.4 Å². The third-order valence-corrected chi connectivity index (χ3v) is 6.47. The quantitative estimate of drug-likeness (QED) is 0.676. The summed E-state index contributed by atoms with van der Waals surface area (Å²) in [4.78, 5) is 14.5. The Balaban J connectivity index is 1.83. The van der Waals surface area contributed by atoms with Crippen LogP contribution in [0.2, 0.25) is 0 Å². The molecule has 1 aliphatic heterocycles. The number of amides is 1. The Kier molecular flexibility index (Phi) is 4.86. The van der Waals surface area contributed by atoms with Gasteiger partial charge in [0.1, 0.15) is 11.6 Å². The lowest BCUT2D eigenvalue weighted by Crippen LogP contribution is -2.64. The van der Waals surface area contributed by atoms with E-state index in [1.54, 1.807) is 6.07 Å². The molecule has 2 atom stereocenters. The summed E-state index contributed by atoms with van der Waals surface area (Å²) in [5, 5.41) is 8.34. The molecule has 0 bridgehead atoms. The standard InChI is InChI=1S/C22H23F4N3O/c1-12(2)22(20(30)29-10-21(25,26)11-29)8-7-13(3)14-9-17(27-28-19(14)22)18-15(23)5-4-6-16(18)24/h4-6,9,12-13H,7-8,10-11H2,1-3H3/t13-,22+/m0/s1. The molecule has 1 amide bonds. The molecule has 1 aromatic heterocycles. The lowest BCUT2D eigenvalue weighted by molar-refractivity contribution is -0.173. The van der Waals surface area contributed by atoms with Crippen molar-refractivity contribution in [3.63, 3.8) is 0 Å². The number of aromatic nitrogens is 2. The van der Waals surface area contributed by atoms with Crippen molar-refractivity contribution in [2.75, 3.05) is 13.1 Å². The van der Waals surface area contributed by atoms with Gasteiger partial charge in [-0.25, -0.2) is 17.6 Å². The van der Waals surface area contributed by atoms with Crippen LogP contribution in [0.15, 0.2) is 24.3 Å². The Labute approximate surface area is 172 Å². The first kappa shape index (κ1) is 20.8. The first-order valence-electron chi connectivity index (χ1n) is 10.1. The highest BCUT2D eigenvalue weighted by molar-refractivity contribution is 5.90. The topological polar surface area (TPSA) is 46.1 Å². The van der Waals surface area contributed by atoms with Crippen molar-refractivity contribution in [3.05, 3.63) is 47.2 Å². The molecule has 2 aromatic rings. The van der Waals surface area contributed by atoms with E-state index >= 15 is 0 Å². The maximum atomic E-state index is 14.3. The van der Waals surface area contributed by atoms with Crippen molar-refractivity contribution in [2.24, 2.45) is 5.92 Å². The lowest BCUT2D eigenvalue weighted by Gasteiger charge is -2.48. The molecule has 1 fully saturated rings. The van der Waals surface area contributed by atoms with Gasteiger partial charge in [0.15, 0.2) is 0 Å². The summed E-state index contributed by atoms with van der Waals surface area (Å²) in [5.74, 6) is -4.96. The van der Waals surface area contributed by atoms with Crippen molar-refractivity contribution in [2.45, 2.75) is 50.9 Å². The largest absolute Gasteiger partial charge is 0.330 e. The van der Waals surface area contributed by atoms with Crippen LogP contribution in [0, 0.1) is 17.6 Å². The predicted molar refractivity (Wildman–Crippen MR) is 103 cm³/mol. The number of carbonyl (C=O) groups is 1. The van der Waals surface area contributed by atoms with E-state index in [4.69, 9.17) is 0 Å². The minimum atomic E-state index is -2.86. The highest BCUT2D eigenvalue weighted by Crippen LogP contribution is 2.49. The van der Waals surface area contributed by atoms with Crippen molar-refractivity contribution in [1.82, 2.24) is 15.1 Å². The highest BCUT2D eigenvalue weighted by atomic mass is 19.3. The number of fused-ring (bicyclic) bond motifs is 1. The van der Waals surface area contributed by atoms with Crippen LogP contribution in [0.5, 0.6) is 0 Å². The molecule has 30 heavy (non-hydrogen) atoms. The molecular weight excluding hydrogens is 398 g/mol. The molecule has 4 rings (SSSR count). The molecule has 160 valence electrons. The average molecular weight is 421 g/mol. The maximum Gasteiger partial charge on any atom is 0.282 e. The van der Waals surface area contributed by atoms with E-state index < -0.39 is 36.1 Å². The predicted octanol–water partition coefficient (Wildman–Crippen LogP) is 4.69. The van der Waals surface area contributed by atoms with Gasteiger partial charge in [-0.2, -0.15) is 5.10 Å². The second-order valence-corrected chi connectivity index (χ2v) is 8.71. The van der Waals surface area contributed by atoms with Crippen molar-refractivity contribution in [3.8, 4) is 11.3 Å². The molecule has 0 spiro atoms. The van der Waals surface area contributed by atoms with Crippen molar-refractivity contribution >= 4 is 5.91 Å². The molecule has 0 radical (unpaired) electrons. The van der Waals surface area contributed by atoms with E-state index in [9.17, 15) is 22.4 Å². The van der Waals surface area contributed by atoms with E-state index in [0.29, 0.717) is 24.1 Å². The molecule has 0 saturated carbocycles. The third kappa shape index (κ3) is 3.08. The normalized spacial score (nSPS) is 25.1. The van der Waals surface area contributed by atoms with Crippen LogP contribution in [0.4, 0.5) is 17.6 Å². The smallest absolute Gasteiger partial charge is 0.282 e. The van der Waals surface area contributed by atoms with Crippen LogP contribution in [-0.2, 0) is 10.2 Å². The number of carbonyl (C=O) groups excluding carboxylic acids is 1. The fourth-order valence-corrected chi connectivity index (χ4v) is 4.67. The molecule has 1 aliphatic carbocycles. The molecule has 1 saturated heterocycles. The molecule has 2 heterocycles. The van der Waals surface area contributed by atoms with Crippen molar-refractivity contribution in [1.29, 1.82) is 0 Å². The molecule has 0 N–H and O–H groups in total. The first-order valence-corrected chi connectivity index (χ1v) is 10.1. The van der Waals surface area contributed by atoms with E-state index in [0.717, 1.165) is 12.1 Å². The molecule has 2 aliphatic rings. The summed E-state index contributed by atoms with van der Waals surface area (Å²) >= 11 is 0. The summed E-state index contributed by atoms with van der Waals surface area (Å²) in [6, 6.07) is 5.15. The Bertz CT molecular complexity index is 982. The van der Waals surface area contributed by atoms with Gasteiger partial charge in [0, 0.05) is 0 Å². The van der Waals surface area contributed by atoms with Gasteiger partial charge in [-0.3, -0.25) is 4.79 Å². The molecule has 1 aromatic carbocycles. The zero-order valence-electron chi connectivity index (χ0n) is 17.1. The van der Waals surface area contributed by atoms with Gasteiger partial charge in [-0.05, 0) is 48.4 Å². The van der Waals surface area contributed by atoms with Gasteiger partial charge in [0.05, 0.1) is 35.5 Å². The zero-order valence-corrected chi connectivity index (χ0v) is 17.1. The number of nitrogens with zero attached hydrogens (tertiary/aromatic N) is 3. The number of rotatable bonds is 3. The number of alkyl halides is 2. The van der Waals surface area contributed by atoms with Gasteiger partial charge >= 0.3 is 0 Å². The number of benzene rings is 1. The first-order chi connectivity index (χ1) is 14.1. The number of halogens is 4.